The lowest BCUT2D eigenvalue weighted by molar-refractivity contribution is 0.220. The molecule has 0 spiro atoms. The molecule has 2 heterocycles. The van der Waals surface area contributed by atoms with E-state index in [0.717, 1.165) is 23.8 Å². The Morgan fingerprint density at radius 3 is 2.67 bits per heavy atom. The highest BCUT2D eigenvalue weighted by Gasteiger charge is 2.23. The number of carbonyl (C=O) groups excluding carboxylic acids is 1. The first kappa shape index (κ1) is 16.9. The van der Waals surface area contributed by atoms with E-state index in [1.807, 2.05) is 18.4 Å². The van der Waals surface area contributed by atoms with Crippen LogP contribution in [0.3, 0.4) is 0 Å². The van der Waals surface area contributed by atoms with Gasteiger partial charge in [0.05, 0.1) is 23.3 Å². The third kappa shape index (κ3) is 4.55. The number of nitrogens with one attached hydrogen (secondary N) is 2. The maximum Gasteiger partial charge on any atom is 0.315 e. The van der Waals surface area contributed by atoms with Crippen molar-refractivity contribution in [3.63, 3.8) is 0 Å². The lowest BCUT2D eigenvalue weighted by Gasteiger charge is -2.28. The van der Waals surface area contributed by atoms with Crippen molar-refractivity contribution in [2.45, 2.75) is 32.4 Å². The number of carbonyl (C=O) groups is 1. The van der Waals surface area contributed by atoms with Gasteiger partial charge in [0.2, 0.25) is 0 Å². The highest BCUT2D eigenvalue weighted by atomic mass is 32.1. The predicted octanol–water partition coefficient (Wildman–Crippen LogP) is 3.09. The molecule has 2 N–H and O–H groups in total. The summed E-state index contributed by atoms with van der Waals surface area (Å²) in [5, 5.41) is 8.90. The highest BCUT2D eigenvalue weighted by molar-refractivity contribution is 7.09. The van der Waals surface area contributed by atoms with Crippen molar-refractivity contribution >= 4 is 17.4 Å². The molecule has 0 bridgehead atoms. The second-order valence-corrected chi connectivity index (χ2v) is 7.15. The van der Waals surface area contributed by atoms with Crippen molar-refractivity contribution in [1.82, 2.24) is 20.5 Å². The van der Waals surface area contributed by atoms with Gasteiger partial charge in [-0.05, 0) is 38.4 Å². The summed E-state index contributed by atoms with van der Waals surface area (Å²) in [7, 11) is 0. The van der Waals surface area contributed by atoms with Gasteiger partial charge in [-0.1, -0.05) is 30.3 Å². The third-order valence-corrected chi connectivity index (χ3v) is 5.14. The topological polar surface area (TPSA) is 57.3 Å². The van der Waals surface area contributed by atoms with E-state index in [4.69, 9.17) is 0 Å². The van der Waals surface area contributed by atoms with Gasteiger partial charge < -0.3 is 10.6 Å². The Balaban J connectivity index is 1.54. The monoisotopic (exact) mass is 344 g/mol. The summed E-state index contributed by atoms with van der Waals surface area (Å²) in [6.07, 6.45) is 2.47. The number of thiazole rings is 1. The van der Waals surface area contributed by atoms with Crippen molar-refractivity contribution in [3.05, 3.63) is 52.0 Å². The predicted molar refractivity (Wildman–Crippen MR) is 97.1 cm³/mol. The molecule has 1 aromatic heterocycles. The van der Waals surface area contributed by atoms with E-state index in [9.17, 15) is 4.79 Å². The molecule has 1 fully saturated rings. The van der Waals surface area contributed by atoms with Crippen molar-refractivity contribution in [1.29, 1.82) is 0 Å². The van der Waals surface area contributed by atoms with Gasteiger partial charge in [0, 0.05) is 11.9 Å². The molecule has 0 radical (unpaired) electrons. The minimum Gasteiger partial charge on any atom is -0.336 e. The first-order chi connectivity index (χ1) is 11.7. The van der Waals surface area contributed by atoms with Crippen LogP contribution in [0.25, 0.3) is 0 Å². The quantitative estimate of drug-likeness (QED) is 0.847. The fourth-order valence-corrected chi connectivity index (χ4v) is 3.71. The van der Waals surface area contributed by atoms with Gasteiger partial charge in [-0.3, -0.25) is 4.90 Å². The normalized spacial score (nSPS) is 16.0. The Kier molecular flexibility index (Phi) is 5.82. The zero-order valence-corrected chi connectivity index (χ0v) is 14.8. The van der Waals surface area contributed by atoms with E-state index in [-0.39, 0.29) is 12.1 Å². The molecule has 1 aliphatic heterocycles. The number of nitrogens with zero attached hydrogens (tertiary/aromatic N) is 2. The standard InChI is InChI=1S/C18H24N4OS/c1-14-21-16(13-24-14)11-19-18(23)20-12-17(22-9-5-6-10-22)15-7-3-2-4-8-15/h2-4,7-8,13,17H,5-6,9-12H2,1H3,(H2,19,20,23). The molecular formula is C18H24N4OS. The van der Waals surface area contributed by atoms with Crippen molar-refractivity contribution < 1.29 is 4.79 Å². The van der Waals surface area contributed by atoms with E-state index < -0.39 is 0 Å². The van der Waals surface area contributed by atoms with Gasteiger partial charge in [-0.15, -0.1) is 11.3 Å². The Morgan fingerprint density at radius 2 is 2.00 bits per heavy atom. The fourth-order valence-electron chi connectivity index (χ4n) is 3.10. The number of hydrogen-bond acceptors (Lipinski definition) is 4. The number of rotatable bonds is 6. The smallest absolute Gasteiger partial charge is 0.315 e. The molecule has 6 heteroatoms. The Morgan fingerprint density at radius 1 is 1.25 bits per heavy atom. The number of aryl methyl sites for hydroxylation is 1. The van der Waals surface area contributed by atoms with Crippen LogP contribution in [-0.2, 0) is 6.54 Å². The lowest BCUT2D eigenvalue weighted by atomic mass is 10.1. The second kappa shape index (κ2) is 8.26. The fraction of sp³-hybridized carbons (Fsp3) is 0.444. The number of likely N-dealkylation sites (tertiary alicyclic amines) is 1. The summed E-state index contributed by atoms with van der Waals surface area (Å²) in [4.78, 5) is 18.9. The molecule has 0 saturated carbocycles. The van der Waals surface area contributed by atoms with Gasteiger partial charge in [0.15, 0.2) is 0 Å². The number of urea groups is 1. The summed E-state index contributed by atoms with van der Waals surface area (Å²) in [5.41, 5.74) is 2.17. The minimum absolute atomic E-state index is 0.138. The molecule has 5 nitrogen and oxygen atoms in total. The summed E-state index contributed by atoms with van der Waals surface area (Å²) >= 11 is 1.60. The van der Waals surface area contributed by atoms with Crippen molar-refractivity contribution in [3.8, 4) is 0 Å². The molecule has 128 valence electrons. The van der Waals surface area contributed by atoms with Crippen LogP contribution >= 0.6 is 11.3 Å². The first-order valence-electron chi connectivity index (χ1n) is 8.44. The lowest BCUT2D eigenvalue weighted by Crippen LogP contribution is -2.41. The van der Waals surface area contributed by atoms with E-state index in [1.165, 1.54) is 18.4 Å². The van der Waals surface area contributed by atoms with Crippen LogP contribution in [0.2, 0.25) is 0 Å². The maximum atomic E-state index is 12.1. The SMILES string of the molecule is Cc1nc(CNC(=O)NCC(c2ccccc2)N2CCCC2)cs1. The number of benzene rings is 1. The van der Waals surface area contributed by atoms with E-state index in [1.54, 1.807) is 11.3 Å². The molecule has 1 unspecified atom stereocenters. The van der Waals surface area contributed by atoms with E-state index >= 15 is 0 Å². The van der Waals surface area contributed by atoms with E-state index in [0.29, 0.717) is 13.1 Å². The largest absolute Gasteiger partial charge is 0.336 e. The third-order valence-electron chi connectivity index (χ3n) is 4.32. The summed E-state index contributed by atoms with van der Waals surface area (Å²) in [6.45, 7) is 5.25. The van der Waals surface area contributed by atoms with Crippen LogP contribution in [0.15, 0.2) is 35.7 Å². The van der Waals surface area contributed by atoms with Crippen LogP contribution in [0.1, 0.15) is 35.1 Å². The average molecular weight is 344 g/mol. The average Bonchev–Trinajstić information content (AvgIpc) is 3.26. The van der Waals surface area contributed by atoms with Crippen molar-refractivity contribution in [2.75, 3.05) is 19.6 Å². The van der Waals surface area contributed by atoms with Gasteiger partial charge in [-0.25, -0.2) is 9.78 Å². The molecule has 2 amide bonds. The molecule has 0 aliphatic carbocycles. The van der Waals surface area contributed by atoms with Crippen LogP contribution in [0.4, 0.5) is 4.79 Å². The number of hydrogen-bond donors (Lipinski definition) is 2. The first-order valence-corrected chi connectivity index (χ1v) is 9.32. The summed E-state index contributed by atoms with van der Waals surface area (Å²) < 4.78 is 0. The van der Waals surface area contributed by atoms with Crippen molar-refractivity contribution in [2.24, 2.45) is 0 Å². The van der Waals surface area contributed by atoms with Crippen LogP contribution in [-0.4, -0.2) is 35.5 Å². The minimum atomic E-state index is -0.138. The van der Waals surface area contributed by atoms with Gasteiger partial charge in [-0.2, -0.15) is 0 Å². The molecule has 3 rings (SSSR count). The maximum absolute atomic E-state index is 12.1. The molecule has 1 aliphatic rings. The molecular weight excluding hydrogens is 320 g/mol. The van der Waals surface area contributed by atoms with Crippen LogP contribution < -0.4 is 10.6 Å². The molecule has 2 aromatic rings. The zero-order valence-electron chi connectivity index (χ0n) is 14.0. The Hall–Kier alpha value is -1.92. The molecule has 1 saturated heterocycles. The second-order valence-electron chi connectivity index (χ2n) is 6.09. The van der Waals surface area contributed by atoms with Gasteiger partial charge in [0.1, 0.15) is 0 Å². The molecule has 1 aromatic carbocycles. The Labute approximate surface area is 147 Å². The molecule has 24 heavy (non-hydrogen) atoms. The number of amides is 2. The van der Waals surface area contributed by atoms with Gasteiger partial charge in [0.25, 0.3) is 0 Å². The van der Waals surface area contributed by atoms with E-state index in [2.05, 4.69) is 44.8 Å². The summed E-state index contributed by atoms with van der Waals surface area (Å²) in [5.74, 6) is 0. The number of aromatic nitrogens is 1. The molecule has 1 atom stereocenters. The highest BCUT2D eigenvalue weighted by Crippen LogP contribution is 2.24. The van der Waals surface area contributed by atoms with Crippen LogP contribution in [0.5, 0.6) is 0 Å². The van der Waals surface area contributed by atoms with Gasteiger partial charge >= 0.3 is 6.03 Å². The zero-order chi connectivity index (χ0) is 16.8. The summed E-state index contributed by atoms with van der Waals surface area (Å²) in [6, 6.07) is 10.5. The Bertz CT molecular complexity index is 652. The van der Waals surface area contributed by atoms with Crippen LogP contribution in [0, 0.1) is 6.92 Å².